The van der Waals surface area contributed by atoms with Gasteiger partial charge in [-0.15, -0.1) is 0 Å². The molecule has 1 heterocycles. The van der Waals surface area contributed by atoms with E-state index >= 15 is 0 Å². The number of hydrogen-bond donors (Lipinski definition) is 1. The second-order valence-corrected chi connectivity index (χ2v) is 7.19. The van der Waals surface area contributed by atoms with Crippen LogP contribution in [0.15, 0.2) is 11.1 Å². The predicted octanol–water partition coefficient (Wildman–Crippen LogP) is 1.90. The summed E-state index contributed by atoms with van der Waals surface area (Å²) >= 11 is 1.10. The number of carbonyl (C=O) groups excluding carboxylic acids is 3. The maximum atomic E-state index is 12.5. The normalized spacial score (nSPS) is 10.3. The van der Waals surface area contributed by atoms with E-state index in [1.807, 2.05) is 19.9 Å². The zero-order chi connectivity index (χ0) is 21.3. The van der Waals surface area contributed by atoms with Crippen molar-refractivity contribution < 1.29 is 19.1 Å². The lowest BCUT2D eigenvalue weighted by molar-refractivity contribution is -0.134. The van der Waals surface area contributed by atoms with Gasteiger partial charge < -0.3 is 15.0 Å². The minimum atomic E-state index is -0.537. The number of carbonyl (C=O) groups is 3. The zero-order valence-electron chi connectivity index (χ0n) is 16.9. The standard InChI is InChI=1S/C19H26N4O4S/c1-6-23(10-16(24)21-12(3)4)17(25)11-28-18-14(9-20)8-15(13(5)22-18)19(26)27-7-2/h8,12H,6-7,10-11H2,1-5H3,(H,21,24). The van der Waals surface area contributed by atoms with Gasteiger partial charge in [0.15, 0.2) is 0 Å². The SMILES string of the molecule is CCOC(=O)c1cc(C#N)c(SCC(=O)N(CC)CC(=O)NC(C)C)nc1C. The van der Waals surface area contributed by atoms with E-state index in [1.54, 1.807) is 20.8 Å². The number of hydrogen-bond acceptors (Lipinski definition) is 7. The lowest BCUT2D eigenvalue weighted by Gasteiger charge is -2.21. The number of ether oxygens (including phenoxy) is 1. The number of rotatable bonds is 9. The van der Waals surface area contributed by atoms with Crippen molar-refractivity contribution in [2.24, 2.45) is 0 Å². The Labute approximate surface area is 169 Å². The summed E-state index contributed by atoms with van der Waals surface area (Å²) in [5.41, 5.74) is 0.859. The molecule has 0 aliphatic carbocycles. The second-order valence-electron chi connectivity index (χ2n) is 6.23. The van der Waals surface area contributed by atoms with Crippen LogP contribution in [0.3, 0.4) is 0 Å². The summed E-state index contributed by atoms with van der Waals surface area (Å²) in [6.07, 6.45) is 0. The lowest BCUT2D eigenvalue weighted by Crippen LogP contribution is -2.43. The van der Waals surface area contributed by atoms with Gasteiger partial charge in [0.05, 0.1) is 35.7 Å². The minimum absolute atomic E-state index is 0.000965. The Morgan fingerprint density at radius 2 is 2.04 bits per heavy atom. The molecular formula is C19H26N4O4S. The van der Waals surface area contributed by atoms with Crippen LogP contribution in [0.4, 0.5) is 0 Å². The number of pyridine rings is 1. The number of aromatic nitrogens is 1. The molecule has 152 valence electrons. The second kappa shape index (κ2) is 11.3. The van der Waals surface area contributed by atoms with Gasteiger partial charge in [0.25, 0.3) is 0 Å². The summed E-state index contributed by atoms with van der Waals surface area (Å²) in [6, 6.07) is 3.43. The largest absolute Gasteiger partial charge is 0.462 e. The van der Waals surface area contributed by atoms with Gasteiger partial charge in [-0.25, -0.2) is 9.78 Å². The maximum Gasteiger partial charge on any atom is 0.340 e. The van der Waals surface area contributed by atoms with E-state index in [0.717, 1.165) is 11.8 Å². The van der Waals surface area contributed by atoms with Crippen molar-refractivity contribution >= 4 is 29.5 Å². The summed E-state index contributed by atoms with van der Waals surface area (Å²) in [4.78, 5) is 42.0. The van der Waals surface area contributed by atoms with Gasteiger partial charge in [-0.3, -0.25) is 9.59 Å². The highest BCUT2D eigenvalue weighted by Crippen LogP contribution is 2.23. The molecule has 0 atom stereocenters. The van der Waals surface area contributed by atoms with Crippen LogP contribution in [0.2, 0.25) is 0 Å². The smallest absolute Gasteiger partial charge is 0.340 e. The molecule has 0 saturated carbocycles. The van der Waals surface area contributed by atoms with Crippen LogP contribution in [0.25, 0.3) is 0 Å². The van der Waals surface area contributed by atoms with E-state index in [-0.39, 0.29) is 47.9 Å². The molecule has 2 amide bonds. The maximum absolute atomic E-state index is 12.5. The predicted molar refractivity (Wildman–Crippen MR) is 106 cm³/mol. The first-order valence-corrected chi connectivity index (χ1v) is 10.0. The number of esters is 1. The molecule has 1 aromatic heterocycles. The van der Waals surface area contributed by atoms with Crippen LogP contribution in [0.5, 0.6) is 0 Å². The van der Waals surface area contributed by atoms with Gasteiger partial charge in [0.2, 0.25) is 11.8 Å². The number of nitriles is 1. The van der Waals surface area contributed by atoms with Crippen molar-refractivity contribution in [1.82, 2.24) is 15.2 Å². The third-order valence-corrected chi connectivity index (χ3v) is 4.62. The first-order valence-electron chi connectivity index (χ1n) is 9.02. The fraction of sp³-hybridized carbons (Fsp3) is 0.526. The van der Waals surface area contributed by atoms with Crippen LogP contribution < -0.4 is 5.32 Å². The number of nitrogens with zero attached hydrogens (tertiary/aromatic N) is 3. The van der Waals surface area contributed by atoms with Crippen LogP contribution >= 0.6 is 11.8 Å². The molecule has 8 nitrogen and oxygen atoms in total. The number of aryl methyl sites for hydroxylation is 1. The summed E-state index contributed by atoms with van der Waals surface area (Å²) in [5, 5.41) is 12.5. The van der Waals surface area contributed by atoms with Gasteiger partial charge in [-0.2, -0.15) is 5.26 Å². The van der Waals surface area contributed by atoms with Gasteiger partial charge in [-0.1, -0.05) is 11.8 Å². The highest BCUT2D eigenvalue weighted by atomic mass is 32.2. The van der Waals surface area contributed by atoms with Crippen LogP contribution in [-0.2, 0) is 14.3 Å². The first-order chi connectivity index (χ1) is 13.2. The molecule has 0 unspecified atom stereocenters. The van der Waals surface area contributed by atoms with E-state index in [1.165, 1.54) is 11.0 Å². The molecule has 1 rings (SSSR count). The quantitative estimate of drug-likeness (QED) is 0.492. The molecule has 28 heavy (non-hydrogen) atoms. The van der Waals surface area contributed by atoms with E-state index in [0.29, 0.717) is 17.3 Å². The third-order valence-electron chi connectivity index (χ3n) is 3.64. The molecule has 0 fully saturated rings. The fourth-order valence-corrected chi connectivity index (χ4v) is 3.23. The van der Waals surface area contributed by atoms with Crippen molar-refractivity contribution in [1.29, 1.82) is 5.26 Å². The Morgan fingerprint density at radius 3 is 2.57 bits per heavy atom. The molecule has 1 N–H and O–H groups in total. The highest BCUT2D eigenvalue weighted by molar-refractivity contribution is 8.00. The molecule has 0 spiro atoms. The van der Waals surface area contributed by atoms with Crippen molar-refractivity contribution in [3.05, 3.63) is 22.9 Å². The van der Waals surface area contributed by atoms with E-state index in [2.05, 4.69) is 10.3 Å². The van der Waals surface area contributed by atoms with E-state index in [4.69, 9.17) is 4.74 Å². The molecule has 0 aromatic carbocycles. The lowest BCUT2D eigenvalue weighted by atomic mass is 10.1. The molecule has 0 radical (unpaired) electrons. The van der Waals surface area contributed by atoms with Crippen molar-refractivity contribution in [3.63, 3.8) is 0 Å². The minimum Gasteiger partial charge on any atom is -0.462 e. The summed E-state index contributed by atoms with van der Waals surface area (Å²) in [6.45, 7) is 9.44. The average molecular weight is 407 g/mol. The van der Waals surface area contributed by atoms with Crippen molar-refractivity contribution in [2.45, 2.75) is 45.7 Å². The zero-order valence-corrected chi connectivity index (χ0v) is 17.7. The fourth-order valence-electron chi connectivity index (χ4n) is 2.33. The number of likely N-dealkylation sites (N-methyl/N-ethyl adjacent to an activating group) is 1. The van der Waals surface area contributed by atoms with E-state index in [9.17, 15) is 19.6 Å². The molecule has 0 bridgehead atoms. The Balaban J connectivity index is 2.86. The Morgan fingerprint density at radius 1 is 1.36 bits per heavy atom. The highest BCUT2D eigenvalue weighted by Gasteiger charge is 2.20. The Bertz CT molecular complexity index is 774. The first kappa shape index (κ1) is 23.4. The van der Waals surface area contributed by atoms with Crippen molar-refractivity contribution in [3.8, 4) is 6.07 Å². The summed E-state index contributed by atoms with van der Waals surface area (Å²) in [7, 11) is 0. The monoisotopic (exact) mass is 406 g/mol. The van der Waals surface area contributed by atoms with Gasteiger partial charge in [0, 0.05) is 12.6 Å². The molecular weight excluding hydrogens is 380 g/mol. The van der Waals surface area contributed by atoms with E-state index < -0.39 is 5.97 Å². The molecule has 0 saturated heterocycles. The Hall–Kier alpha value is -2.60. The molecule has 0 aliphatic heterocycles. The van der Waals surface area contributed by atoms with Crippen LogP contribution in [0, 0.1) is 18.3 Å². The Kier molecular flexibility index (Phi) is 9.45. The van der Waals surface area contributed by atoms with Crippen LogP contribution in [0.1, 0.15) is 49.3 Å². The van der Waals surface area contributed by atoms with Gasteiger partial charge in [0.1, 0.15) is 11.1 Å². The number of thioether (sulfide) groups is 1. The van der Waals surface area contributed by atoms with Crippen molar-refractivity contribution in [2.75, 3.05) is 25.4 Å². The number of nitrogens with one attached hydrogen (secondary N) is 1. The number of amides is 2. The molecule has 9 heteroatoms. The molecule has 1 aromatic rings. The molecule has 0 aliphatic rings. The average Bonchev–Trinajstić information content (AvgIpc) is 2.63. The summed E-state index contributed by atoms with van der Waals surface area (Å²) in [5.74, 6) is -0.960. The third kappa shape index (κ3) is 6.85. The summed E-state index contributed by atoms with van der Waals surface area (Å²) < 4.78 is 4.96. The van der Waals surface area contributed by atoms with Crippen LogP contribution in [-0.4, -0.2) is 59.2 Å². The van der Waals surface area contributed by atoms with Gasteiger partial charge >= 0.3 is 5.97 Å². The van der Waals surface area contributed by atoms with Gasteiger partial charge in [-0.05, 0) is 40.7 Å². The topological polar surface area (TPSA) is 112 Å².